The predicted molar refractivity (Wildman–Crippen MR) is 76.4 cm³/mol. The number of aliphatic hydroxyl groups is 1. The lowest BCUT2D eigenvalue weighted by molar-refractivity contribution is 0.153. The first-order valence-corrected chi connectivity index (χ1v) is 7.00. The van der Waals surface area contributed by atoms with E-state index in [0.29, 0.717) is 12.1 Å². The molecule has 1 unspecified atom stereocenters. The van der Waals surface area contributed by atoms with Crippen LogP contribution in [-0.2, 0) is 0 Å². The molecule has 3 heteroatoms. The average molecular weight is 252 g/mol. The van der Waals surface area contributed by atoms with E-state index >= 15 is 0 Å². The monoisotopic (exact) mass is 252 g/mol. The van der Waals surface area contributed by atoms with E-state index in [9.17, 15) is 5.11 Å². The van der Waals surface area contributed by atoms with Gasteiger partial charge in [0.1, 0.15) is 0 Å². The summed E-state index contributed by atoms with van der Waals surface area (Å²) in [6.07, 6.45) is 8.47. The molecule has 0 aliphatic carbocycles. The molecule has 0 aromatic rings. The molecule has 0 spiro atoms. The number of aliphatic hydroxyl groups excluding tert-OH is 1. The minimum atomic E-state index is 0.193. The molecule has 0 bridgehead atoms. The summed E-state index contributed by atoms with van der Waals surface area (Å²) in [7, 11) is 0. The normalized spacial score (nSPS) is 20.6. The molecular weight excluding hydrogens is 224 g/mol. The van der Waals surface area contributed by atoms with E-state index in [0.717, 1.165) is 38.9 Å². The largest absolute Gasteiger partial charge is 0.396 e. The lowest BCUT2D eigenvalue weighted by atomic mass is 9.84. The zero-order chi connectivity index (χ0) is 13.6. The third kappa shape index (κ3) is 4.97. The summed E-state index contributed by atoms with van der Waals surface area (Å²) in [4.78, 5) is 2.33. The van der Waals surface area contributed by atoms with Gasteiger partial charge in [-0.3, -0.25) is 4.90 Å². The van der Waals surface area contributed by atoms with Crippen LogP contribution < -0.4 is 5.32 Å². The molecule has 3 nitrogen and oxygen atoms in total. The van der Waals surface area contributed by atoms with Crippen molar-refractivity contribution < 1.29 is 5.11 Å². The van der Waals surface area contributed by atoms with Crippen LogP contribution >= 0.6 is 0 Å². The summed E-state index contributed by atoms with van der Waals surface area (Å²) in [5.74, 6) is 2.71. The number of hydrogen-bond donors (Lipinski definition) is 2. The Bertz CT molecular complexity index is 269. The van der Waals surface area contributed by atoms with E-state index in [1.54, 1.807) is 0 Å². The number of hydrogen-bond acceptors (Lipinski definition) is 3. The van der Waals surface area contributed by atoms with Crippen molar-refractivity contribution in [2.24, 2.45) is 5.41 Å². The molecule has 1 fully saturated rings. The first kappa shape index (κ1) is 15.5. The van der Waals surface area contributed by atoms with Crippen molar-refractivity contribution in [3.8, 4) is 12.3 Å². The summed E-state index contributed by atoms with van der Waals surface area (Å²) in [5, 5.41) is 12.9. The molecule has 0 amide bonds. The number of nitrogens with zero attached hydrogens (tertiary/aromatic N) is 1. The standard InChI is InChI=1S/C15H28N2O/c1-5-9-17-10-6-13(7-11-17)16-14(8-12-18)15(2,3)4/h1,13-14,16,18H,6-12H2,2-4H3. The molecule has 2 N–H and O–H groups in total. The van der Waals surface area contributed by atoms with Crippen LogP contribution in [0.2, 0.25) is 0 Å². The molecule has 1 saturated heterocycles. The van der Waals surface area contributed by atoms with Gasteiger partial charge in [-0.1, -0.05) is 26.7 Å². The molecule has 1 heterocycles. The lowest BCUT2D eigenvalue weighted by Gasteiger charge is -2.38. The van der Waals surface area contributed by atoms with E-state index in [4.69, 9.17) is 6.42 Å². The van der Waals surface area contributed by atoms with Crippen molar-refractivity contribution in [1.82, 2.24) is 10.2 Å². The van der Waals surface area contributed by atoms with Crippen LogP contribution in [0.15, 0.2) is 0 Å². The van der Waals surface area contributed by atoms with Crippen LogP contribution in [0.5, 0.6) is 0 Å². The van der Waals surface area contributed by atoms with Gasteiger partial charge in [0.15, 0.2) is 0 Å². The Morgan fingerprint density at radius 2 is 2.00 bits per heavy atom. The molecule has 0 saturated carbocycles. The zero-order valence-electron chi connectivity index (χ0n) is 12.1. The van der Waals surface area contributed by atoms with Gasteiger partial charge < -0.3 is 10.4 Å². The van der Waals surface area contributed by atoms with E-state index in [1.165, 1.54) is 0 Å². The van der Waals surface area contributed by atoms with Crippen LogP contribution in [0.3, 0.4) is 0 Å². The molecule has 0 aromatic carbocycles. The second-order valence-electron chi connectivity index (χ2n) is 6.35. The van der Waals surface area contributed by atoms with Gasteiger partial charge in [0.25, 0.3) is 0 Å². The molecule has 0 aromatic heterocycles. The highest BCUT2D eigenvalue weighted by Gasteiger charge is 2.28. The van der Waals surface area contributed by atoms with Gasteiger partial charge in [-0.05, 0) is 24.7 Å². The Labute approximate surface area is 112 Å². The minimum absolute atomic E-state index is 0.193. The Morgan fingerprint density at radius 1 is 1.39 bits per heavy atom. The maximum absolute atomic E-state index is 9.17. The fourth-order valence-electron chi connectivity index (χ4n) is 2.57. The Morgan fingerprint density at radius 3 is 2.44 bits per heavy atom. The fourth-order valence-corrected chi connectivity index (χ4v) is 2.57. The smallest absolute Gasteiger partial charge is 0.0598 e. The molecule has 1 atom stereocenters. The molecule has 1 aliphatic heterocycles. The SMILES string of the molecule is C#CCN1CCC(NC(CCO)C(C)(C)C)CC1. The van der Waals surface area contributed by atoms with Crippen molar-refractivity contribution in [3.05, 3.63) is 0 Å². The minimum Gasteiger partial charge on any atom is -0.396 e. The van der Waals surface area contributed by atoms with Crippen LogP contribution in [0.25, 0.3) is 0 Å². The Kier molecular flexibility index (Phi) is 6.14. The third-order valence-electron chi connectivity index (χ3n) is 3.80. The number of likely N-dealkylation sites (tertiary alicyclic amines) is 1. The number of rotatable bonds is 5. The van der Waals surface area contributed by atoms with Crippen molar-refractivity contribution in [3.63, 3.8) is 0 Å². The second kappa shape index (κ2) is 7.13. The summed E-state index contributed by atoms with van der Waals surface area (Å²) in [5.41, 5.74) is 0.193. The van der Waals surface area contributed by atoms with Gasteiger partial charge in [0.05, 0.1) is 6.54 Å². The highest BCUT2D eigenvalue weighted by Crippen LogP contribution is 2.23. The molecular formula is C15H28N2O. The van der Waals surface area contributed by atoms with E-state index in [2.05, 4.69) is 36.9 Å². The maximum atomic E-state index is 9.17. The lowest BCUT2D eigenvalue weighted by Crippen LogP contribution is -2.50. The second-order valence-corrected chi connectivity index (χ2v) is 6.35. The molecule has 18 heavy (non-hydrogen) atoms. The Balaban J connectivity index is 2.40. The molecule has 1 rings (SSSR count). The van der Waals surface area contributed by atoms with Gasteiger partial charge in [-0.2, -0.15) is 0 Å². The molecule has 0 radical (unpaired) electrons. The fraction of sp³-hybridized carbons (Fsp3) is 0.867. The summed E-state index contributed by atoms with van der Waals surface area (Å²) in [6.45, 7) is 9.88. The third-order valence-corrected chi connectivity index (χ3v) is 3.80. The van der Waals surface area contributed by atoms with E-state index < -0.39 is 0 Å². The van der Waals surface area contributed by atoms with Gasteiger partial charge in [-0.15, -0.1) is 6.42 Å². The van der Waals surface area contributed by atoms with Gasteiger partial charge in [0.2, 0.25) is 0 Å². The number of terminal acetylenes is 1. The van der Waals surface area contributed by atoms with Crippen molar-refractivity contribution in [2.75, 3.05) is 26.2 Å². The maximum Gasteiger partial charge on any atom is 0.0598 e. The highest BCUT2D eigenvalue weighted by molar-refractivity contribution is 4.91. The highest BCUT2D eigenvalue weighted by atomic mass is 16.3. The zero-order valence-corrected chi connectivity index (χ0v) is 12.1. The van der Waals surface area contributed by atoms with E-state index in [-0.39, 0.29) is 12.0 Å². The van der Waals surface area contributed by atoms with Crippen LogP contribution in [0.4, 0.5) is 0 Å². The van der Waals surface area contributed by atoms with Crippen LogP contribution in [-0.4, -0.2) is 48.3 Å². The van der Waals surface area contributed by atoms with Gasteiger partial charge in [-0.25, -0.2) is 0 Å². The quantitative estimate of drug-likeness (QED) is 0.727. The topological polar surface area (TPSA) is 35.5 Å². The van der Waals surface area contributed by atoms with Crippen LogP contribution in [0, 0.1) is 17.8 Å². The van der Waals surface area contributed by atoms with Gasteiger partial charge in [0, 0.05) is 31.8 Å². The Hall–Kier alpha value is -0.560. The van der Waals surface area contributed by atoms with Crippen LogP contribution in [0.1, 0.15) is 40.0 Å². The van der Waals surface area contributed by atoms with Crippen molar-refractivity contribution in [2.45, 2.75) is 52.1 Å². The molecule has 104 valence electrons. The van der Waals surface area contributed by atoms with E-state index in [1.807, 2.05) is 0 Å². The predicted octanol–water partition coefficient (Wildman–Crippen LogP) is 1.47. The number of nitrogens with one attached hydrogen (secondary N) is 1. The van der Waals surface area contributed by atoms with Crippen molar-refractivity contribution >= 4 is 0 Å². The van der Waals surface area contributed by atoms with Gasteiger partial charge >= 0.3 is 0 Å². The molecule has 1 aliphatic rings. The summed E-state index contributed by atoms with van der Waals surface area (Å²) in [6, 6.07) is 0.946. The summed E-state index contributed by atoms with van der Waals surface area (Å²) >= 11 is 0. The number of piperidine rings is 1. The summed E-state index contributed by atoms with van der Waals surface area (Å²) < 4.78 is 0. The average Bonchev–Trinajstić information content (AvgIpc) is 2.30. The van der Waals surface area contributed by atoms with Crippen molar-refractivity contribution in [1.29, 1.82) is 0 Å². The first-order valence-electron chi connectivity index (χ1n) is 7.00. The first-order chi connectivity index (χ1) is 8.47.